The van der Waals surface area contributed by atoms with E-state index in [4.69, 9.17) is 0 Å². The van der Waals surface area contributed by atoms with Gasteiger partial charge in [0.15, 0.2) is 5.78 Å². The number of Topliss-reactive ketones (excluding diaryl/α,β-unsaturated/α-hetero) is 1. The molecule has 0 saturated heterocycles. The lowest BCUT2D eigenvalue weighted by molar-refractivity contribution is -0.384. The van der Waals surface area contributed by atoms with Crippen molar-refractivity contribution in [3.05, 3.63) is 51.3 Å². The predicted octanol–water partition coefficient (Wildman–Crippen LogP) is 2.60. The number of nitro benzene ring substituents is 1. The summed E-state index contributed by atoms with van der Waals surface area (Å²) >= 11 is 0. The van der Waals surface area contributed by atoms with E-state index in [0.29, 0.717) is 11.3 Å². The van der Waals surface area contributed by atoms with Gasteiger partial charge < -0.3 is 0 Å². The Morgan fingerprint density at radius 2 is 2.00 bits per heavy atom. The lowest BCUT2D eigenvalue weighted by Crippen LogP contribution is -2.07. The Morgan fingerprint density at radius 3 is 2.47 bits per heavy atom. The van der Waals surface area contributed by atoms with Crippen molar-refractivity contribution in [2.24, 2.45) is 0 Å². The number of nitro groups is 1. The molecule has 0 aliphatic heterocycles. The van der Waals surface area contributed by atoms with Crippen molar-refractivity contribution in [1.82, 2.24) is 9.78 Å². The molecule has 19 heavy (non-hydrogen) atoms. The molecule has 0 fully saturated rings. The molecular formula is C13H13N3O3. The Kier molecular flexibility index (Phi) is 3.16. The summed E-state index contributed by atoms with van der Waals surface area (Å²) in [5, 5.41) is 15.1. The van der Waals surface area contributed by atoms with Gasteiger partial charge in [0.2, 0.25) is 0 Å². The molecule has 0 radical (unpaired) electrons. The smallest absolute Gasteiger partial charge is 0.270 e. The van der Waals surface area contributed by atoms with Gasteiger partial charge in [-0.05, 0) is 32.9 Å². The Morgan fingerprint density at radius 1 is 1.32 bits per heavy atom. The molecule has 0 atom stereocenters. The first-order valence-corrected chi connectivity index (χ1v) is 5.73. The molecule has 0 aliphatic rings. The molecule has 1 heterocycles. The van der Waals surface area contributed by atoms with Crippen LogP contribution in [0.2, 0.25) is 0 Å². The molecule has 2 rings (SSSR count). The molecule has 2 aromatic rings. The number of ketones is 1. The van der Waals surface area contributed by atoms with Crippen LogP contribution in [0.15, 0.2) is 24.3 Å². The van der Waals surface area contributed by atoms with E-state index in [0.717, 1.165) is 11.4 Å². The lowest BCUT2D eigenvalue weighted by Gasteiger charge is -2.08. The summed E-state index contributed by atoms with van der Waals surface area (Å²) in [6.07, 6.45) is 0. The number of benzene rings is 1. The minimum absolute atomic E-state index is 0.101. The van der Waals surface area contributed by atoms with Gasteiger partial charge in [-0.2, -0.15) is 5.10 Å². The summed E-state index contributed by atoms with van der Waals surface area (Å²) in [6.45, 7) is 5.10. The summed E-state index contributed by atoms with van der Waals surface area (Å²) < 4.78 is 1.62. The molecule has 1 aromatic carbocycles. The van der Waals surface area contributed by atoms with Crippen LogP contribution in [0, 0.1) is 24.0 Å². The molecule has 0 bridgehead atoms. The van der Waals surface area contributed by atoms with Gasteiger partial charge in [0, 0.05) is 23.4 Å². The molecule has 6 nitrogen and oxygen atoms in total. The standard InChI is InChI=1S/C13H13N3O3/c1-8-6-9(2)15(14-8)13-5-4-11(16(18)19)7-12(13)10(3)17/h4-7H,1-3H3. The Balaban J connectivity index is 2.66. The predicted molar refractivity (Wildman–Crippen MR) is 69.7 cm³/mol. The van der Waals surface area contributed by atoms with Gasteiger partial charge in [-0.3, -0.25) is 14.9 Å². The molecule has 0 amide bonds. The number of aromatic nitrogens is 2. The number of carbonyl (C=O) groups is 1. The third kappa shape index (κ3) is 2.37. The van der Waals surface area contributed by atoms with Crippen molar-refractivity contribution in [3.63, 3.8) is 0 Å². The first-order chi connectivity index (χ1) is 8.90. The van der Waals surface area contributed by atoms with Crippen molar-refractivity contribution in [3.8, 4) is 5.69 Å². The minimum atomic E-state index is -0.516. The van der Waals surface area contributed by atoms with Crippen LogP contribution in [-0.4, -0.2) is 20.5 Å². The zero-order valence-corrected chi connectivity index (χ0v) is 10.9. The zero-order chi connectivity index (χ0) is 14.2. The maximum atomic E-state index is 11.7. The van der Waals surface area contributed by atoms with Gasteiger partial charge in [-0.25, -0.2) is 4.68 Å². The van der Waals surface area contributed by atoms with Gasteiger partial charge in [0.1, 0.15) is 0 Å². The first kappa shape index (κ1) is 12.9. The SMILES string of the molecule is CC(=O)c1cc([N+](=O)[O-])ccc1-n1nc(C)cc1C. The molecule has 98 valence electrons. The Bertz CT molecular complexity index is 674. The quantitative estimate of drug-likeness (QED) is 0.482. The average molecular weight is 259 g/mol. The fraction of sp³-hybridized carbons (Fsp3) is 0.231. The molecular weight excluding hydrogens is 246 g/mol. The second kappa shape index (κ2) is 4.64. The largest absolute Gasteiger partial charge is 0.294 e. The average Bonchev–Trinajstić information content (AvgIpc) is 2.67. The summed E-state index contributed by atoms with van der Waals surface area (Å²) in [5.74, 6) is -0.230. The van der Waals surface area contributed by atoms with Crippen LogP contribution in [0.25, 0.3) is 5.69 Å². The summed E-state index contributed by atoms with van der Waals surface area (Å²) in [4.78, 5) is 21.9. The fourth-order valence-electron chi connectivity index (χ4n) is 1.98. The van der Waals surface area contributed by atoms with Gasteiger partial charge in [-0.15, -0.1) is 0 Å². The zero-order valence-electron chi connectivity index (χ0n) is 10.9. The third-order valence-electron chi connectivity index (χ3n) is 2.81. The highest BCUT2D eigenvalue weighted by Gasteiger charge is 2.16. The summed E-state index contributed by atoms with van der Waals surface area (Å²) in [5.41, 5.74) is 2.44. The summed E-state index contributed by atoms with van der Waals surface area (Å²) in [6, 6.07) is 6.09. The topological polar surface area (TPSA) is 78.0 Å². The number of non-ortho nitro benzene ring substituents is 1. The number of rotatable bonds is 3. The van der Waals surface area contributed by atoms with Crippen LogP contribution in [0.4, 0.5) is 5.69 Å². The van der Waals surface area contributed by atoms with Crippen LogP contribution in [0.5, 0.6) is 0 Å². The molecule has 0 N–H and O–H groups in total. The van der Waals surface area contributed by atoms with E-state index in [9.17, 15) is 14.9 Å². The van der Waals surface area contributed by atoms with Gasteiger partial charge in [0.05, 0.1) is 16.3 Å². The first-order valence-electron chi connectivity index (χ1n) is 5.73. The normalized spacial score (nSPS) is 10.5. The maximum absolute atomic E-state index is 11.7. The maximum Gasteiger partial charge on any atom is 0.270 e. The van der Waals surface area contributed by atoms with Crippen LogP contribution < -0.4 is 0 Å². The van der Waals surface area contributed by atoms with Crippen molar-refractivity contribution in [2.45, 2.75) is 20.8 Å². The second-order valence-corrected chi connectivity index (χ2v) is 4.35. The third-order valence-corrected chi connectivity index (χ3v) is 2.81. The molecule has 0 unspecified atom stereocenters. The molecule has 6 heteroatoms. The molecule has 1 aromatic heterocycles. The lowest BCUT2D eigenvalue weighted by atomic mass is 10.1. The number of carbonyl (C=O) groups excluding carboxylic acids is 1. The van der Waals surface area contributed by atoms with Crippen molar-refractivity contribution in [2.75, 3.05) is 0 Å². The van der Waals surface area contributed by atoms with E-state index < -0.39 is 4.92 Å². The van der Waals surface area contributed by atoms with E-state index in [1.165, 1.54) is 19.1 Å². The van der Waals surface area contributed by atoms with Crippen LogP contribution in [0.3, 0.4) is 0 Å². The highest BCUT2D eigenvalue weighted by molar-refractivity contribution is 5.98. The Hall–Kier alpha value is -2.50. The van der Waals surface area contributed by atoms with E-state index >= 15 is 0 Å². The number of hydrogen-bond acceptors (Lipinski definition) is 4. The van der Waals surface area contributed by atoms with Crippen molar-refractivity contribution in [1.29, 1.82) is 0 Å². The Labute approximate surface area is 109 Å². The van der Waals surface area contributed by atoms with Crippen LogP contribution in [-0.2, 0) is 0 Å². The monoisotopic (exact) mass is 259 g/mol. The van der Waals surface area contributed by atoms with Crippen molar-refractivity contribution < 1.29 is 9.72 Å². The fourth-order valence-corrected chi connectivity index (χ4v) is 1.98. The number of hydrogen-bond donors (Lipinski definition) is 0. The van der Waals surface area contributed by atoms with E-state index in [1.807, 2.05) is 19.9 Å². The molecule has 0 aliphatic carbocycles. The van der Waals surface area contributed by atoms with Gasteiger partial charge >= 0.3 is 0 Å². The highest BCUT2D eigenvalue weighted by Crippen LogP contribution is 2.22. The van der Waals surface area contributed by atoms with Crippen molar-refractivity contribution >= 4 is 11.5 Å². The van der Waals surface area contributed by atoms with Gasteiger partial charge in [0.25, 0.3) is 5.69 Å². The van der Waals surface area contributed by atoms with E-state index in [1.54, 1.807) is 10.7 Å². The second-order valence-electron chi connectivity index (χ2n) is 4.35. The summed E-state index contributed by atoms with van der Waals surface area (Å²) in [7, 11) is 0. The minimum Gasteiger partial charge on any atom is -0.294 e. The number of nitrogens with zero attached hydrogens (tertiary/aromatic N) is 3. The van der Waals surface area contributed by atoms with E-state index in [-0.39, 0.29) is 11.5 Å². The van der Waals surface area contributed by atoms with Gasteiger partial charge in [-0.1, -0.05) is 0 Å². The van der Waals surface area contributed by atoms with Crippen LogP contribution >= 0.6 is 0 Å². The highest BCUT2D eigenvalue weighted by atomic mass is 16.6. The molecule has 0 spiro atoms. The molecule has 0 saturated carbocycles. The van der Waals surface area contributed by atoms with E-state index in [2.05, 4.69) is 5.10 Å². The van der Waals surface area contributed by atoms with Crippen LogP contribution in [0.1, 0.15) is 28.7 Å². The number of aryl methyl sites for hydroxylation is 2.